The molecule has 0 radical (unpaired) electrons. The van der Waals surface area contributed by atoms with Crippen LogP contribution in [0.4, 0.5) is 0 Å². The maximum atomic E-state index is 12.2. The Hall–Kier alpha value is -1.39. The number of methoxy groups -OCH3 is 1. The molecule has 2 N–H and O–H groups in total. The minimum absolute atomic E-state index is 0.127. The molecular formula is C16H25NO3. The molecule has 112 valence electrons. The van der Waals surface area contributed by atoms with E-state index in [0.717, 1.165) is 24.8 Å². The number of ether oxygens (including phenoxy) is 1. The zero-order valence-corrected chi connectivity index (χ0v) is 12.3. The predicted octanol–water partition coefficient (Wildman–Crippen LogP) is 2.29. The van der Waals surface area contributed by atoms with Gasteiger partial charge in [0.25, 0.3) is 5.91 Å². The summed E-state index contributed by atoms with van der Waals surface area (Å²) in [7, 11) is 1.54. The Kier molecular flexibility index (Phi) is 7.92. The van der Waals surface area contributed by atoms with Gasteiger partial charge in [0.15, 0.2) is 6.10 Å². The van der Waals surface area contributed by atoms with Crippen molar-refractivity contribution in [3.63, 3.8) is 0 Å². The van der Waals surface area contributed by atoms with Crippen LogP contribution in [0.15, 0.2) is 30.3 Å². The Labute approximate surface area is 121 Å². The number of benzene rings is 1. The molecule has 0 aliphatic rings. The molecule has 2 atom stereocenters. The second kappa shape index (κ2) is 9.50. The van der Waals surface area contributed by atoms with Gasteiger partial charge in [-0.15, -0.1) is 0 Å². The van der Waals surface area contributed by atoms with Gasteiger partial charge in [0.05, 0.1) is 0 Å². The van der Waals surface area contributed by atoms with Crippen LogP contribution in [0.25, 0.3) is 0 Å². The summed E-state index contributed by atoms with van der Waals surface area (Å²) in [5.41, 5.74) is 0.849. The van der Waals surface area contributed by atoms with Crippen LogP contribution >= 0.6 is 0 Å². The van der Waals surface area contributed by atoms with Crippen LogP contribution in [0.5, 0.6) is 0 Å². The van der Waals surface area contributed by atoms with Crippen molar-refractivity contribution in [1.82, 2.24) is 5.32 Å². The molecule has 0 saturated heterocycles. The number of rotatable bonds is 9. The van der Waals surface area contributed by atoms with Crippen LogP contribution in [0.3, 0.4) is 0 Å². The first kappa shape index (κ1) is 16.7. The number of carbonyl (C=O) groups excluding carboxylic acids is 1. The van der Waals surface area contributed by atoms with E-state index < -0.39 is 6.10 Å². The minimum Gasteiger partial charge on any atom is -0.396 e. The van der Waals surface area contributed by atoms with Gasteiger partial charge >= 0.3 is 0 Å². The standard InChI is InChI=1S/C16H25NO3/c1-3-7-13(10-11-18)12-17-16(19)15(20-2)14-8-5-4-6-9-14/h4-6,8-9,13,15,18H,3,7,10-12H2,1-2H3,(H,17,19). The first-order valence-electron chi connectivity index (χ1n) is 7.19. The summed E-state index contributed by atoms with van der Waals surface area (Å²) in [6.07, 6.45) is 2.20. The first-order chi connectivity index (χ1) is 9.72. The maximum Gasteiger partial charge on any atom is 0.253 e. The Morgan fingerprint density at radius 3 is 2.55 bits per heavy atom. The van der Waals surface area contributed by atoms with E-state index in [9.17, 15) is 4.79 Å². The van der Waals surface area contributed by atoms with Gasteiger partial charge in [0.2, 0.25) is 0 Å². The van der Waals surface area contributed by atoms with Gasteiger partial charge in [-0.3, -0.25) is 4.79 Å². The highest BCUT2D eigenvalue weighted by molar-refractivity contribution is 5.82. The largest absolute Gasteiger partial charge is 0.396 e. The summed E-state index contributed by atoms with van der Waals surface area (Å²) in [6, 6.07) is 9.45. The third-order valence-corrected chi connectivity index (χ3v) is 3.38. The molecule has 0 saturated carbocycles. The molecule has 1 amide bonds. The van der Waals surface area contributed by atoms with Crippen molar-refractivity contribution in [2.45, 2.75) is 32.3 Å². The molecule has 0 heterocycles. The van der Waals surface area contributed by atoms with Crippen molar-refractivity contribution < 1.29 is 14.6 Å². The van der Waals surface area contributed by atoms with Crippen LogP contribution < -0.4 is 5.32 Å². The van der Waals surface area contributed by atoms with Gasteiger partial charge in [-0.2, -0.15) is 0 Å². The average Bonchev–Trinajstić information content (AvgIpc) is 2.47. The zero-order chi connectivity index (χ0) is 14.8. The van der Waals surface area contributed by atoms with Crippen LogP contribution in [0.1, 0.15) is 37.9 Å². The smallest absolute Gasteiger partial charge is 0.253 e. The zero-order valence-electron chi connectivity index (χ0n) is 12.3. The van der Waals surface area contributed by atoms with Gasteiger partial charge in [-0.25, -0.2) is 0 Å². The second-order valence-electron chi connectivity index (χ2n) is 4.94. The number of amides is 1. The molecule has 0 spiro atoms. The Balaban J connectivity index is 2.55. The molecule has 0 aromatic heterocycles. The summed E-state index contributed by atoms with van der Waals surface area (Å²) in [6.45, 7) is 2.85. The first-order valence-corrected chi connectivity index (χ1v) is 7.19. The summed E-state index contributed by atoms with van der Waals surface area (Å²) in [4.78, 5) is 12.2. The van der Waals surface area contributed by atoms with E-state index in [1.807, 2.05) is 30.3 Å². The molecule has 4 nitrogen and oxygen atoms in total. The van der Waals surface area contributed by atoms with Crippen molar-refractivity contribution in [2.24, 2.45) is 5.92 Å². The van der Waals surface area contributed by atoms with Crippen LogP contribution in [-0.2, 0) is 9.53 Å². The van der Waals surface area contributed by atoms with Crippen LogP contribution in [0.2, 0.25) is 0 Å². The molecule has 1 rings (SSSR count). The van der Waals surface area contributed by atoms with Crippen molar-refractivity contribution in [1.29, 1.82) is 0 Å². The molecule has 0 bridgehead atoms. The van der Waals surface area contributed by atoms with Crippen LogP contribution in [0, 0.1) is 5.92 Å². The minimum atomic E-state index is -0.576. The number of hydrogen-bond acceptors (Lipinski definition) is 3. The van der Waals surface area contributed by atoms with Gasteiger partial charge in [0.1, 0.15) is 0 Å². The Morgan fingerprint density at radius 2 is 2.00 bits per heavy atom. The topological polar surface area (TPSA) is 58.6 Å². The van der Waals surface area contributed by atoms with Crippen molar-refractivity contribution in [3.8, 4) is 0 Å². The normalized spacial score (nSPS) is 13.8. The average molecular weight is 279 g/mol. The fraction of sp³-hybridized carbons (Fsp3) is 0.562. The lowest BCUT2D eigenvalue weighted by molar-refractivity contribution is -0.131. The highest BCUT2D eigenvalue weighted by Crippen LogP contribution is 2.17. The second-order valence-corrected chi connectivity index (χ2v) is 4.94. The van der Waals surface area contributed by atoms with Crippen molar-refractivity contribution in [2.75, 3.05) is 20.3 Å². The number of hydrogen-bond donors (Lipinski definition) is 2. The molecule has 2 unspecified atom stereocenters. The molecule has 1 aromatic rings. The van der Waals surface area contributed by atoms with E-state index in [-0.39, 0.29) is 12.5 Å². The van der Waals surface area contributed by atoms with E-state index in [1.54, 1.807) is 0 Å². The van der Waals surface area contributed by atoms with Gasteiger partial charge < -0.3 is 15.2 Å². The molecule has 0 fully saturated rings. The monoisotopic (exact) mass is 279 g/mol. The fourth-order valence-corrected chi connectivity index (χ4v) is 2.30. The van der Waals surface area contributed by atoms with Crippen LogP contribution in [-0.4, -0.2) is 31.3 Å². The lowest BCUT2D eigenvalue weighted by atomic mass is 10.00. The summed E-state index contributed by atoms with van der Waals surface area (Å²) < 4.78 is 5.29. The molecular weight excluding hydrogens is 254 g/mol. The van der Waals surface area contributed by atoms with Gasteiger partial charge in [-0.1, -0.05) is 43.7 Å². The SMILES string of the molecule is CCCC(CCO)CNC(=O)C(OC)c1ccccc1. The Morgan fingerprint density at radius 1 is 1.30 bits per heavy atom. The lowest BCUT2D eigenvalue weighted by Gasteiger charge is -2.19. The highest BCUT2D eigenvalue weighted by atomic mass is 16.5. The fourth-order valence-electron chi connectivity index (χ4n) is 2.30. The van der Waals surface area contributed by atoms with Gasteiger partial charge in [0, 0.05) is 20.3 Å². The third kappa shape index (κ3) is 5.31. The molecule has 20 heavy (non-hydrogen) atoms. The molecule has 4 heteroatoms. The number of aliphatic hydroxyl groups excluding tert-OH is 1. The van der Waals surface area contributed by atoms with E-state index in [4.69, 9.17) is 9.84 Å². The summed E-state index contributed by atoms with van der Waals surface area (Å²) in [5, 5.41) is 12.0. The third-order valence-electron chi connectivity index (χ3n) is 3.38. The molecule has 0 aliphatic carbocycles. The van der Waals surface area contributed by atoms with E-state index in [1.165, 1.54) is 7.11 Å². The van der Waals surface area contributed by atoms with E-state index in [0.29, 0.717) is 12.5 Å². The number of aliphatic hydroxyl groups is 1. The number of carbonyl (C=O) groups is 1. The summed E-state index contributed by atoms with van der Waals surface area (Å²) in [5.74, 6) is 0.194. The summed E-state index contributed by atoms with van der Waals surface area (Å²) >= 11 is 0. The number of nitrogens with one attached hydrogen (secondary N) is 1. The maximum absolute atomic E-state index is 12.2. The van der Waals surface area contributed by atoms with E-state index in [2.05, 4.69) is 12.2 Å². The van der Waals surface area contributed by atoms with Crippen molar-refractivity contribution >= 4 is 5.91 Å². The van der Waals surface area contributed by atoms with Gasteiger partial charge in [-0.05, 0) is 24.3 Å². The Bertz CT molecular complexity index is 375. The molecule has 0 aliphatic heterocycles. The molecule has 1 aromatic carbocycles. The van der Waals surface area contributed by atoms with E-state index >= 15 is 0 Å². The predicted molar refractivity (Wildman–Crippen MR) is 79.3 cm³/mol. The quantitative estimate of drug-likeness (QED) is 0.729. The van der Waals surface area contributed by atoms with Crippen molar-refractivity contribution in [3.05, 3.63) is 35.9 Å². The lowest BCUT2D eigenvalue weighted by Crippen LogP contribution is -2.34. The highest BCUT2D eigenvalue weighted by Gasteiger charge is 2.20.